The number of halogens is 1. The summed E-state index contributed by atoms with van der Waals surface area (Å²) in [6.45, 7) is 1.93. The smallest absolute Gasteiger partial charge is 0.222 e. The van der Waals surface area contributed by atoms with Gasteiger partial charge < -0.3 is 9.88 Å². The molecule has 0 aliphatic carbocycles. The van der Waals surface area contributed by atoms with E-state index in [9.17, 15) is 9.18 Å². The second-order valence-corrected chi connectivity index (χ2v) is 5.99. The SMILES string of the molecule is CC(CC(=O)NC(c1ccc(F)cc1)c1nccn1C)n1cccn1. The fraction of sp³-hybridized carbons (Fsp3) is 0.278. The molecule has 0 aliphatic heterocycles. The topological polar surface area (TPSA) is 64.7 Å². The predicted molar refractivity (Wildman–Crippen MR) is 91.1 cm³/mol. The van der Waals surface area contributed by atoms with Crippen molar-refractivity contribution in [3.05, 3.63) is 72.3 Å². The van der Waals surface area contributed by atoms with Crippen LogP contribution in [-0.2, 0) is 11.8 Å². The second kappa shape index (κ2) is 7.29. The Bertz CT molecular complexity index is 826. The Morgan fingerprint density at radius 2 is 2.00 bits per heavy atom. The third kappa shape index (κ3) is 3.93. The van der Waals surface area contributed by atoms with Crippen molar-refractivity contribution in [3.8, 4) is 0 Å². The molecule has 7 heteroatoms. The average molecular weight is 341 g/mol. The molecule has 0 spiro atoms. The molecule has 6 nitrogen and oxygen atoms in total. The van der Waals surface area contributed by atoms with E-state index >= 15 is 0 Å². The Morgan fingerprint density at radius 3 is 2.60 bits per heavy atom. The fourth-order valence-corrected chi connectivity index (χ4v) is 2.73. The number of benzene rings is 1. The van der Waals surface area contributed by atoms with E-state index in [0.29, 0.717) is 5.82 Å². The maximum Gasteiger partial charge on any atom is 0.222 e. The number of rotatable bonds is 6. The number of hydrogen-bond acceptors (Lipinski definition) is 3. The standard InChI is InChI=1S/C18H20FN5O/c1-13(24-10-3-8-21-24)12-16(25)22-17(18-20-9-11-23(18)2)14-4-6-15(19)7-5-14/h3-11,13,17H,12H2,1-2H3,(H,22,25). The van der Waals surface area contributed by atoms with Gasteiger partial charge in [0.25, 0.3) is 0 Å². The van der Waals surface area contributed by atoms with E-state index in [-0.39, 0.29) is 24.2 Å². The Morgan fingerprint density at radius 1 is 1.24 bits per heavy atom. The summed E-state index contributed by atoms with van der Waals surface area (Å²) in [4.78, 5) is 16.9. The molecule has 3 aromatic rings. The maximum absolute atomic E-state index is 13.2. The highest BCUT2D eigenvalue weighted by atomic mass is 19.1. The summed E-state index contributed by atoms with van der Waals surface area (Å²) in [6, 6.07) is 7.39. The second-order valence-electron chi connectivity index (χ2n) is 5.99. The van der Waals surface area contributed by atoms with E-state index in [1.54, 1.807) is 29.2 Å². The summed E-state index contributed by atoms with van der Waals surface area (Å²) < 4.78 is 16.8. The van der Waals surface area contributed by atoms with Gasteiger partial charge >= 0.3 is 0 Å². The van der Waals surface area contributed by atoms with Gasteiger partial charge in [-0.2, -0.15) is 5.10 Å². The van der Waals surface area contributed by atoms with Crippen LogP contribution < -0.4 is 5.32 Å². The van der Waals surface area contributed by atoms with Crippen molar-refractivity contribution in [2.45, 2.75) is 25.4 Å². The first-order valence-corrected chi connectivity index (χ1v) is 8.06. The number of hydrogen-bond donors (Lipinski definition) is 1. The van der Waals surface area contributed by atoms with Crippen molar-refractivity contribution in [1.29, 1.82) is 0 Å². The molecule has 0 bridgehead atoms. The quantitative estimate of drug-likeness (QED) is 0.749. The molecule has 3 rings (SSSR count). The van der Waals surface area contributed by atoms with Gasteiger partial charge in [-0.25, -0.2) is 9.37 Å². The zero-order valence-corrected chi connectivity index (χ0v) is 14.1. The van der Waals surface area contributed by atoms with E-state index in [2.05, 4.69) is 15.4 Å². The summed E-state index contributed by atoms with van der Waals surface area (Å²) >= 11 is 0. The predicted octanol–water partition coefficient (Wildman–Crippen LogP) is 2.61. The van der Waals surface area contributed by atoms with E-state index in [0.717, 1.165) is 5.56 Å². The minimum absolute atomic E-state index is 0.0646. The Labute approximate surface area is 145 Å². The molecule has 0 saturated heterocycles. The monoisotopic (exact) mass is 341 g/mol. The zero-order valence-electron chi connectivity index (χ0n) is 14.1. The lowest BCUT2D eigenvalue weighted by Crippen LogP contribution is -2.32. The van der Waals surface area contributed by atoms with E-state index < -0.39 is 6.04 Å². The van der Waals surface area contributed by atoms with Gasteiger partial charge in [0.2, 0.25) is 5.91 Å². The number of aromatic nitrogens is 4. The Balaban J connectivity index is 1.79. The maximum atomic E-state index is 13.2. The van der Waals surface area contributed by atoms with Gasteiger partial charge in [-0.1, -0.05) is 12.1 Å². The van der Waals surface area contributed by atoms with Crippen LogP contribution >= 0.6 is 0 Å². The van der Waals surface area contributed by atoms with Crippen LogP contribution in [0.2, 0.25) is 0 Å². The van der Waals surface area contributed by atoms with Crippen LogP contribution in [0.3, 0.4) is 0 Å². The highest BCUT2D eigenvalue weighted by molar-refractivity contribution is 5.77. The molecule has 0 aliphatic rings. The molecule has 1 aromatic carbocycles. The summed E-state index contributed by atoms with van der Waals surface area (Å²) in [6.07, 6.45) is 7.27. The summed E-state index contributed by atoms with van der Waals surface area (Å²) in [5.74, 6) is 0.244. The van der Waals surface area contributed by atoms with Crippen molar-refractivity contribution in [2.24, 2.45) is 7.05 Å². The van der Waals surface area contributed by atoms with Crippen molar-refractivity contribution in [3.63, 3.8) is 0 Å². The number of nitrogens with one attached hydrogen (secondary N) is 1. The van der Waals surface area contributed by atoms with Gasteiger partial charge in [0.05, 0.1) is 6.04 Å². The van der Waals surface area contributed by atoms with E-state index in [1.807, 2.05) is 37.0 Å². The molecule has 0 saturated carbocycles. The molecule has 25 heavy (non-hydrogen) atoms. The zero-order chi connectivity index (χ0) is 17.8. The summed E-state index contributed by atoms with van der Waals surface area (Å²) in [7, 11) is 1.86. The van der Waals surface area contributed by atoms with Crippen molar-refractivity contribution < 1.29 is 9.18 Å². The highest BCUT2D eigenvalue weighted by Crippen LogP contribution is 2.21. The van der Waals surface area contributed by atoms with Crippen LogP contribution in [0.15, 0.2) is 55.1 Å². The molecular weight excluding hydrogens is 321 g/mol. The van der Waals surface area contributed by atoms with Gasteiger partial charge in [0, 0.05) is 38.3 Å². The van der Waals surface area contributed by atoms with Crippen LogP contribution in [0.25, 0.3) is 0 Å². The molecule has 2 heterocycles. The van der Waals surface area contributed by atoms with Crippen LogP contribution in [0, 0.1) is 5.82 Å². The molecule has 2 atom stereocenters. The fourth-order valence-electron chi connectivity index (χ4n) is 2.73. The van der Waals surface area contributed by atoms with Gasteiger partial charge in [-0.15, -0.1) is 0 Å². The van der Waals surface area contributed by atoms with Gasteiger partial charge in [0.15, 0.2) is 0 Å². The van der Waals surface area contributed by atoms with E-state index in [1.165, 1.54) is 12.1 Å². The number of nitrogens with zero attached hydrogens (tertiary/aromatic N) is 4. The largest absolute Gasteiger partial charge is 0.342 e. The molecule has 2 aromatic heterocycles. The molecule has 1 N–H and O–H groups in total. The number of aryl methyl sites for hydroxylation is 1. The first kappa shape index (κ1) is 16.9. The number of carbonyl (C=O) groups excluding carboxylic acids is 1. The molecule has 130 valence electrons. The number of carbonyl (C=O) groups is 1. The van der Waals surface area contributed by atoms with Crippen molar-refractivity contribution >= 4 is 5.91 Å². The highest BCUT2D eigenvalue weighted by Gasteiger charge is 2.22. The molecule has 2 unspecified atom stereocenters. The summed E-state index contributed by atoms with van der Waals surface area (Å²) in [5.41, 5.74) is 0.774. The number of amides is 1. The Hall–Kier alpha value is -2.96. The van der Waals surface area contributed by atoms with Crippen molar-refractivity contribution in [1.82, 2.24) is 24.6 Å². The molecule has 0 radical (unpaired) electrons. The van der Waals surface area contributed by atoms with Gasteiger partial charge in [-0.05, 0) is 30.7 Å². The average Bonchev–Trinajstić information content (AvgIpc) is 3.25. The lowest BCUT2D eigenvalue weighted by molar-refractivity contribution is -0.122. The summed E-state index contributed by atoms with van der Waals surface area (Å²) in [5, 5.41) is 7.16. The van der Waals surface area contributed by atoms with Crippen LogP contribution in [0.4, 0.5) is 4.39 Å². The van der Waals surface area contributed by atoms with Gasteiger partial charge in [0.1, 0.15) is 17.7 Å². The minimum Gasteiger partial charge on any atom is -0.342 e. The van der Waals surface area contributed by atoms with Gasteiger partial charge in [-0.3, -0.25) is 9.48 Å². The third-order valence-electron chi connectivity index (χ3n) is 4.08. The minimum atomic E-state index is -0.446. The van der Waals surface area contributed by atoms with Crippen LogP contribution in [0.5, 0.6) is 0 Å². The first-order chi connectivity index (χ1) is 12.0. The van der Waals surface area contributed by atoms with E-state index in [4.69, 9.17) is 0 Å². The number of imidazole rings is 1. The molecular formula is C18H20FN5O. The lowest BCUT2D eigenvalue weighted by Gasteiger charge is -2.20. The molecule has 1 amide bonds. The van der Waals surface area contributed by atoms with Crippen LogP contribution in [-0.4, -0.2) is 25.2 Å². The molecule has 0 fully saturated rings. The first-order valence-electron chi connectivity index (χ1n) is 8.06. The van der Waals surface area contributed by atoms with Crippen LogP contribution in [0.1, 0.15) is 36.8 Å². The normalized spacial score (nSPS) is 13.4. The third-order valence-corrected chi connectivity index (χ3v) is 4.08. The lowest BCUT2D eigenvalue weighted by atomic mass is 10.1. The Kier molecular flexibility index (Phi) is 4.92. The van der Waals surface area contributed by atoms with Crippen molar-refractivity contribution in [2.75, 3.05) is 0 Å².